The number of amides is 1. The first kappa shape index (κ1) is 23.7. The molecule has 31 heavy (non-hydrogen) atoms. The molecule has 6 nitrogen and oxygen atoms in total. The molecule has 0 spiro atoms. The molecule has 0 aliphatic rings. The van der Waals surface area contributed by atoms with Crippen LogP contribution in [0.2, 0.25) is 5.02 Å². The molecule has 0 unspecified atom stereocenters. The van der Waals surface area contributed by atoms with Gasteiger partial charge in [0.1, 0.15) is 6.04 Å². The number of hydrogen-bond donors (Lipinski definition) is 2. The van der Waals surface area contributed by atoms with Crippen molar-refractivity contribution in [1.82, 2.24) is 15.0 Å². The molecular formula is C22H26ClN3O3S2. The third-order valence-electron chi connectivity index (χ3n) is 4.72. The first-order valence-corrected chi connectivity index (χ1v) is 12.7. The number of sulfonamides is 1. The third-order valence-corrected chi connectivity index (χ3v) is 7.38. The number of rotatable bonds is 9. The Bertz CT molecular complexity index is 1160. The van der Waals surface area contributed by atoms with E-state index in [1.54, 1.807) is 24.3 Å². The summed E-state index contributed by atoms with van der Waals surface area (Å²) in [7, 11) is -3.86. The molecule has 0 radical (unpaired) electrons. The van der Waals surface area contributed by atoms with E-state index in [0.29, 0.717) is 24.4 Å². The largest absolute Gasteiger partial charge is 0.354 e. The highest BCUT2D eigenvalue weighted by atomic mass is 35.5. The number of carbonyl (C=O) groups is 1. The predicted octanol–water partition coefficient (Wildman–Crippen LogP) is 4.31. The summed E-state index contributed by atoms with van der Waals surface area (Å²) >= 11 is 7.33. The Kier molecular flexibility index (Phi) is 7.69. The van der Waals surface area contributed by atoms with Gasteiger partial charge >= 0.3 is 0 Å². The highest BCUT2D eigenvalue weighted by Crippen LogP contribution is 2.25. The molecule has 3 rings (SSSR count). The summed E-state index contributed by atoms with van der Waals surface area (Å²) in [6, 6.07) is 11.4. The van der Waals surface area contributed by atoms with E-state index in [0.717, 1.165) is 20.8 Å². The second-order valence-electron chi connectivity index (χ2n) is 7.83. The van der Waals surface area contributed by atoms with Crippen LogP contribution < -0.4 is 10.0 Å². The van der Waals surface area contributed by atoms with Gasteiger partial charge in [-0.05, 0) is 61.6 Å². The summed E-state index contributed by atoms with van der Waals surface area (Å²) in [6.45, 7) is 6.19. The van der Waals surface area contributed by atoms with Gasteiger partial charge in [0.05, 0.1) is 20.1 Å². The summed E-state index contributed by atoms with van der Waals surface area (Å²) in [4.78, 5) is 17.3. The van der Waals surface area contributed by atoms with Crippen LogP contribution in [-0.2, 0) is 21.2 Å². The van der Waals surface area contributed by atoms with E-state index in [2.05, 4.69) is 15.0 Å². The number of benzene rings is 2. The quantitative estimate of drug-likeness (QED) is 0.478. The van der Waals surface area contributed by atoms with E-state index < -0.39 is 16.1 Å². The van der Waals surface area contributed by atoms with Gasteiger partial charge in [0, 0.05) is 11.6 Å². The van der Waals surface area contributed by atoms with Crippen LogP contribution >= 0.6 is 22.9 Å². The van der Waals surface area contributed by atoms with Crippen molar-refractivity contribution in [3.8, 4) is 0 Å². The van der Waals surface area contributed by atoms with Gasteiger partial charge in [-0.25, -0.2) is 13.4 Å². The van der Waals surface area contributed by atoms with Crippen LogP contribution in [0.1, 0.15) is 30.8 Å². The number of hydrogen-bond acceptors (Lipinski definition) is 5. The molecule has 3 aromatic rings. The molecule has 1 amide bonds. The molecule has 9 heteroatoms. The van der Waals surface area contributed by atoms with Gasteiger partial charge in [0.15, 0.2) is 0 Å². The van der Waals surface area contributed by atoms with Crippen LogP contribution in [0.25, 0.3) is 10.2 Å². The van der Waals surface area contributed by atoms with Crippen LogP contribution in [0.4, 0.5) is 0 Å². The molecule has 0 bridgehead atoms. The minimum absolute atomic E-state index is 0.131. The Labute approximate surface area is 192 Å². The van der Waals surface area contributed by atoms with Crippen molar-refractivity contribution >= 4 is 49.1 Å². The Balaban J connectivity index is 1.69. The van der Waals surface area contributed by atoms with Gasteiger partial charge in [-0.15, -0.1) is 11.3 Å². The maximum absolute atomic E-state index is 13.0. The lowest BCUT2D eigenvalue weighted by Crippen LogP contribution is -2.47. The number of carbonyl (C=O) groups excluding carboxylic acids is 1. The summed E-state index contributed by atoms with van der Waals surface area (Å²) in [5.74, 6) is -0.192. The zero-order chi connectivity index (χ0) is 22.6. The van der Waals surface area contributed by atoms with Crippen molar-refractivity contribution in [3.63, 3.8) is 0 Å². The Morgan fingerprint density at radius 3 is 2.55 bits per heavy atom. The lowest BCUT2D eigenvalue weighted by atomic mass is 10.0. The Morgan fingerprint density at radius 1 is 1.16 bits per heavy atom. The fourth-order valence-electron chi connectivity index (χ4n) is 3.23. The second-order valence-corrected chi connectivity index (χ2v) is 11.2. The summed E-state index contributed by atoms with van der Waals surface area (Å²) in [5, 5.41) is 4.38. The number of fused-ring (bicyclic) bond motifs is 1. The first-order chi connectivity index (χ1) is 14.6. The third kappa shape index (κ3) is 6.49. The van der Waals surface area contributed by atoms with Crippen molar-refractivity contribution < 1.29 is 13.2 Å². The Morgan fingerprint density at radius 2 is 1.87 bits per heavy atom. The summed E-state index contributed by atoms with van der Waals surface area (Å²) in [6.07, 6.45) is 1.03. The topological polar surface area (TPSA) is 88.2 Å². The van der Waals surface area contributed by atoms with Gasteiger partial charge in [-0.1, -0.05) is 37.6 Å². The normalized spacial score (nSPS) is 12.9. The van der Waals surface area contributed by atoms with Crippen molar-refractivity contribution in [1.29, 1.82) is 0 Å². The minimum atomic E-state index is -3.86. The second kappa shape index (κ2) is 10.1. The van der Waals surface area contributed by atoms with E-state index in [-0.39, 0.29) is 16.7 Å². The number of nitrogens with zero attached hydrogens (tertiary/aromatic N) is 1. The fourth-order valence-corrected chi connectivity index (χ4v) is 5.53. The molecule has 1 aromatic heterocycles. The van der Waals surface area contributed by atoms with E-state index in [4.69, 9.17) is 11.6 Å². The van der Waals surface area contributed by atoms with E-state index >= 15 is 0 Å². The van der Waals surface area contributed by atoms with Crippen LogP contribution in [-0.4, -0.2) is 31.9 Å². The molecule has 0 aliphatic carbocycles. The lowest BCUT2D eigenvalue weighted by molar-refractivity contribution is -0.123. The summed E-state index contributed by atoms with van der Waals surface area (Å²) < 4.78 is 29.4. The monoisotopic (exact) mass is 479 g/mol. The van der Waals surface area contributed by atoms with Crippen LogP contribution in [0.3, 0.4) is 0 Å². The molecule has 0 saturated heterocycles. The van der Waals surface area contributed by atoms with Crippen LogP contribution in [0, 0.1) is 12.8 Å². The number of halogens is 1. The maximum atomic E-state index is 13.0. The predicted molar refractivity (Wildman–Crippen MR) is 126 cm³/mol. The highest BCUT2D eigenvalue weighted by molar-refractivity contribution is 7.89. The molecule has 1 atom stereocenters. The molecule has 1 heterocycles. The first-order valence-electron chi connectivity index (χ1n) is 10.1. The fraction of sp³-hybridized carbons (Fsp3) is 0.364. The molecule has 2 N–H and O–H groups in total. The van der Waals surface area contributed by atoms with Crippen molar-refractivity contribution in [2.24, 2.45) is 5.92 Å². The van der Waals surface area contributed by atoms with Crippen LogP contribution in [0.5, 0.6) is 0 Å². The van der Waals surface area contributed by atoms with E-state index in [1.807, 2.05) is 32.9 Å². The summed E-state index contributed by atoms with van der Waals surface area (Å²) in [5.41, 5.74) is 1.80. The van der Waals surface area contributed by atoms with Crippen molar-refractivity contribution in [2.45, 2.75) is 44.6 Å². The SMILES string of the molecule is Cc1nc2ccc(S(=O)(=O)N[C@@H](CC(C)C)C(=O)NCCc3ccc(Cl)cc3)cc2s1. The van der Waals surface area contributed by atoms with Gasteiger partial charge < -0.3 is 5.32 Å². The number of nitrogens with one attached hydrogen (secondary N) is 2. The molecular weight excluding hydrogens is 454 g/mol. The average molecular weight is 480 g/mol. The standard InChI is InChI=1S/C22H26ClN3O3S2/c1-14(2)12-20(22(27)24-11-10-16-4-6-17(23)7-5-16)26-31(28,29)18-8-9-19-21(13-18)30-15(3)25-19/h4-9,13-14,20,26H,10-12H2,1-3H3,(H,24,27)/t20-/m0/s1. The van der Waals surface area contributed by atoms with Gasteiger partial charge in [-0.3, -0.25) is 4.79 Å². The molecule has 0 aliphatic heterocycles. The highest BCUT2D eigenvalue weighted by Gasteiger charge is 2.26. The zero-order valence-corrected chi connectivity index (χ0v) is 20.1. The molecule has 0 fully saturated rings. The van der Waals surface area contributed by atoms with Crippen molar-refractivity contribution in [2.75, 3.05) is 6.54 Å². The molecule has 166 valence electrons. The maximum Gasteiger partial charge on any atom is 0.241 e. The van der Waals surface area contributed by atoms with Gasteiger partial charge in [0.2, 0.25) is 15.9 Å². The smallest absolute Gasteiger partial charge is 0.241 e. The number of thiazole rings is 1. The number of aryl methyl sites for hydroxylation is 1. The van der Waals surface area contributed by atoms with Crippen LogP contribution in [0.15, 0.2) is 47.4 Å². The zero-order valence-electron chi connectivity index (χ0n) is 17.7. The minimum Gasteiger partial charge on any atom is -0.354 e. The van der Waals surface area contributed by atoms with E-state index in [1.165, 1.54) is 17.4 Å². The Hall–Kier alpha value is -2.00. The van der Waals surface area contributed by atoms with Crippen molar-refractivity contribution in [3.05, 3.63) is 58.1 Å². The molecule has 2 aromatic carbocycles. The lowest BCUT2D eigenvalue weighted by Gasteiger charge is -2.20. The van der Waals surface area contributed by atoms with Gasteiger partial charge in [0.25, 0.3) is 0 Å². The number of aromatic nitrogens is 1. The van der Waals surface area contributed by atoms with Gasteiger partial charge in [-0.2, -0.15) is 4.72 Å². The molecule has 0 saturated carbocycles. The average Bonchev–Trinajstić information content (AvgIpc) is 3.07. The van der Waals surface area contributed by atoms with E-state index in [9.17, 15) is 13.2 Å².